The van der Waals surface area contributed by atoms with Crippen molar-refractivity contribution in [1.82, 2.24) is 5.32 Å². The van der Waals surface area contributed by atoms with Crippen LogP contribution in [0, 0.1) is 12.8 Å². The molecule has 0 bridgehead atoms. The normalized spacial score (nSPS) is 23.1. The topological polar surface area (TPSA) is 49.3 Å². The minimum atomic E-state index is -0.201. The zero-order valence-corrected chi connectivity index (χ0v) is 11.9. The highest BCUT2D eigenvalue weighted by molar-refractivity contribution is 6.30. The number of hydrogen-bond donors (Lipinski definition) is 2. The highest BCUT2D eigenvalue weighted by atomic mass is 35.5. The molecule has 2 unspecified atom stereocenters. The van der Waals surface area contributed by atoms with Crippen LogP contribution in [0.5, 0.6) is 0 Å². The zero-order chi connectivity index (χ0) is 13.8. The molecule has 2 atom stereocenters. The Hall–Kier alpha value is -1.06. The molecule has 0 radical (unpaired) electrons. The third-order valence-corrected chi connectivity index (χ3v) is 3.97. The number of hydrogen-bond acceptors (Lipinski definition) is 2. The highest BCUT2D eigenvalue weighted by Crippen LogP contribution is 2.23. The predicted octanol–water partition coefficient (Wildman–Crippen LogP) is 2.93. The van der Waals surface area contributed by atoms with Gasteiger partial charge in [0.25, 0.3) is 5.91 Å². The van der Waals surface area contributed by atoms with Crippen LogP contribution in [0.2, 0.25) is 5.02 Å². The van der Waals surface area contributed by atoms with Crippen molar-refractivity contribution in [3.05, 3.63) is 34.3 Å². The molecule has 1 aromatic carbocycles. The van der Waals surface area contributed by atoms with Crippen molar-refractivity contribution in [3.8, 4) is 0 Å². The first-order valence-electron chi connectivity index (χ1n) is 6.78. The molecule has 2 rings (SSSR count). The quantitative estimate of drug-likeness (QED) is 0.895. The zero-order valence-electron chi connectivity index (χ0n) is 11.2. The second kappa shape index (κ2) is 6.40. The Morgan fingerprint density at radius 1 is 1.47 bits per heavy atom. The molecule has 1 amide bonds. The van der Waals surface area contributed by atoms with Crippen LogP contribution in [-0.4, -0.2) is 23.7 Å². The van der Waals surface area contributed by atoms with Gasteiger partial charge in [-0.1, -0.05) is 18.0 Å². The summed E-state index contributed by atoms with van der Waals surface area (Å²) in [4.78, 5) is 12.1. The molecule has 19 heavy (non-hydrogen) atoms. The van der Waals surface area contributed by atoms with Gasteiger partial charge >= 0.3 is 0 Å². The van der Waals surface area contributed by atoms with Crippen LogP contribution in [0.1, 0.15) is 41.6 Å². The standard InChI is InChI=1S/C15H20ClNO2/c1-10-7-12(16)5-6-14(10)15(19)17-9-11-3-2-4-13(18)8-11/h5-7,11,13,18H,2-4,8-9H2,1H3,(H,17,19). The van der Waals surface area contributed by atoms with Gasteiger partial charge in [-0.25, -0.2) is 0 Å². The largest absolute Gasteiger partial charge is 0.393 e. The van der Waals surface area contributed by atoms with Gasteiger partial charge < -0.3 is 10.4 Å². The third kappa shape index (κ3) is 3.95. The van der Waals surface area contributed by atoms with Gasteiger partial charge in [-0.3, -0.25) is 4.79 Å². The Morgan fingerprint density at radius 2 is 2.26 bits per heavy atom. The molecule has 104 valence electrons. The maximum absolute atomic E-state index is 12.1. The number of amides is 1. The maximum atomic E-state index is 12.1. The minimum Gasteiger partial charge on any atom is -0.393 e. The van der Waals surface area contributed by atoms with E-state index in [1.165, 1.54) is 0 Å². The van der Waals surface area contributed by atoms with Gasteiger partial charge in [-0.15, -0.1) is 0 Å². The van der Waals surface area contributed by atoms with E-state index in [0.29, 0.717) is 23.0 Å². The number of nitrogens with one attached hydrogen (secondary N) is 1. The Labute approximate surface area is 119 Å². The van der Waals surface area contributed by atoms with Crippen molar-refractivity contribution >= 4 is 17.5 Å². The smallest absolute Gasteiger partial charge is 0.251 e. The lowest BCUT2D eigenvalue weighted by Gasteiger charge is -2.26. The summed E-state index contributed by atoms with van der Waals surface area (Å²) in [6, 6.07) is 5.28. The van der Waals surface area contributed by atoms with Crippen LogP contribution >= 0.6 is 11.6 Å². The molecule has 1 saturated carbocycles. The van der Waals surface area contributed by atoms with Crippen molar-refractivity contribution in [2.75, 3.05) is 6.54 Å². The number of carbonyl (C=O) groups excluding carboxylic acids is 1. The van der Waals surface area contributed by atoms with Gasteiger partial charge in [-0.2, -0.15) is 0 Å². The van der Waals surface area contributed by atoms with Crippen LogP contribution in [0.3, 0.4) is 0 Å². The van der Waals surface area contributed by atoms with Crippen molar-refractivity contribution < 1.29 is 9.90 Å². The van der Waals surface area contributed by atoms with E-state index in [-0.39, 0.29) is 12.0 Å². The molecular weight excluding hydrogens is 262 g/mol. The first-order chi connectivity index (χ1) is 9.06. The van der Waals surface area contributed by atoms with Gasteiger partial charge in [0.1, 0.15) is 0 Å². The average Bonchev–Trinajstić information content (AvgIpc) is 2.36. The Kier molecular flexibility index (Phi) is 4.83. The molecule has 0 aliphatic heterocycles. The lowest BCUT2D eigenvalue weighted by Crippen LogP contribution is -2.33. The molecule has 3 nitrogen and oxygen atoms in total. The van der Waals surface area contributed by atoms with Gasteiger partial charge in [-0.05, 0) is 55.9 Å². The lowest BCUT2D eigenvalue weighted by atomic mass is 9.87. The second-order valence-corrected chi connectivity index (χ2v) is 5.79. The molecule has 1 aliphatic carbocycles. The van der Waals surface area contributed by atoms with Crippen LogP contribution in [0.15, 0.2) is 18.2 Å². The Bertz CT molecular complexity index is 461. The summed E-state index contributed by atoms with van der Waals surface area (Å²) in [7, 11) is 0. The van der Waals surface area contributed by atoms with E-state index in [4.69, 9.17) is 11.6 Å². The summed E-state index contributed by atoms with van der Waals surface area (Å²) >= 11 is 5.88. The molecule has 0 saturated heterocycles. The SMILES string of the molecule is Cc1cc(Cl)ccc1C(=O)NCC1CCCC(O)C1. The van der Waals surface area contributed by atoms with E-state index < -0.39 is 0 Å². The minimum absolute atomic E-state index is 0.0609. The number of aliphatic hydroxyl groups excluding tert-OH is 1. The number of halogens is 1. The van der Waals surface area contributed by atoms with Crippen LogP contribution in [0.25, 0.3) is 0 Å². The fourth-order valence-corrected chi connectivity index (χ4v) is 2.89. The summed E-state index contributed by atoms with van der Waals surface area (Å²) in [6.07, 6.45) is 3.60. The Morgan fingerprint density at radius 3 is 2.95 bits per heavy atom. The fourth-order valence-electron chi connectivity index (χ4n) is 2.66. The summed E-state index contributed by atoms with van der Waals surface area (Å²) in [5.41, 5.74) is 1.55. The predicted molar refractivity (Wildman–Crippen MR) is 76.5 cm³/mol. The molecule has 1 aliphatic rings. The lowest BCUT2D eigenvalue weighted by molar-refractivity contribution is 0.0873. The second-order valence-electron chi connectivity index (χ2n) is 5.36. The van der Waals surface area contributed by atoms with E-state index in [1.54, 1.807) is 18.2 Å². The van der Waals surface area contributed by atoms with E-state index in [0.717, 1.165) is 31.2 Å². The fraction of sp³-hybridized carbons (Fsp3) is 0.533. The number of carbonyl (C=O) groups is 1. The molecular formula is C15H20ClNO2. The summed E-state index contributed by atoms with van der Waals surface area (Å²) in [5.74, 6) is 0.328. The van der Waals surface area contributed by atoms with Crippen LogP contribution in [-0.2, 0) is 0 Å². The van der Waals surface area contributed by atoms with Gasteiger partial charge in [0.2, 0.25) is 0 Å². The average molecular weight is 282 g/mol. The van der Waals surface area contributed by atoms with E-state index in [1.807, 2.05) is 6.92 Å². The molecule has 0 aromatic heterocycles. The molecule has 2 N–H and O–H groups in total. The van der Waals surface area contributed by atoms with Crippen LogP contribution in [0.4, 0.5) is 0 Å². The highest BCUT2D eigenvalue weighted by Gasteiger charge is 2.20. The van der Waals surface area contributed by atoms with Gasteiger partial charge in [0.15, 0.2) is 0 Å². The maximum Gasteiger partial charge on any atom is 0.251 e. The van der Waals surface area contributed by atoms with Crippen molar-refractivity contribution in [3.63, 3.8) is 0 Å². The first kappa shape index (κ1) is 14.4. The Balaban J connectivity index is 1.90. The molecule has 1 aromatic rings. The molecule has 4 heteroatoms. The van der Waals surface area contributed by atoms with Gasteiger partial charge in [0, 0.05) is 17.1 Å². The van der Waals surface area contributed by atoms with E-state index >= 15 is 0 Å². The summed E-state index contributed by atoms with van der Waals surface area (Å²) < 4.78 is 0. The first-order valence-corrected chi connectivity index (χ1v) is 7.16. The van der Waals surface area contributed by atoms with Crippen molar-refractivity contribution in [2.24, 2.45) is 5.92 Å². The van der Waals surface area contributed by atoms with E-state index in [9.17, 15) is 9.90 Å². The van der Waals surface area contributed by atoms with Crippen molar-refractivity contribution in [1.29, 1.82) is 0 Å². The monoisotopic (exact) mass is 281 g/mol. The van der Waals surface area contributed by atoms with Crippen molar-refractivity contribution in [2.45, 2.75) is 38.7 Å². The summed E-state index contributed by atoms with van der Waals surface area (Å²) in [5, 5.41) is 13.2. The molecule has 1 fully saturated rings. The number of benzene rings is 1. The van der Waals surface area contributed by atoms with Crippen LogP contribution < -0.4 is 5.32 Å². The van der Waals surface area contributed by atoms with E-state index in [2.05, 4.69) is 5.32 Å². The summed E-state index contributed by atoms with van der Waals surface area (Å²) in [6.45, 7) is 2.52. The number of aliphatic hydroxyl groups is 1. The van der Waals surface area contributed by atoms with Gasteiger partial charge in [0.05, 0.1) is 6.10 Å². The molecule has 0 spiro atoms. The number of rotatable bonds is 3. The number of aryl methyl sites for hydroxylation is 1. The molecule has 0 heterocycles. The third-order valence-electron chi connectivity index (χ3n) is 3.74.